The van der Waals surface area contributed by atoms with Gasteiger partial charge < -0.3 is 9.80 Å². The summed E-state index contributed by atoms with van der Waals surface area (Å²) in [5.41, 5.74) is 0. The molecule has 2 aliphatic heterocycles. The van der Waals surface area contributed by atoms with Crippen molar-refractivity contribution in [3.8, 4) is 0 Å². The number of likely N-dealkylation sites (N-methyl/N-ethyl adjacent to an activating group) is 1. The summed E-state index contributed by atoms with van der Waals surface area (Å²) < 4.78 is 27.0. The Kier molecular flexibility index (Phi) is 4.89. The second-order valence-corrected chi connectivity index (χ2v) is 8.54. The molecule has 1 atom stereocenters. The van der Waals surface area contributed by atoms with Crippen LogP contribution in [0.25, 0.3) is 0 Å². The highest BCUT2D eigenvalue weighted by Gasteiger charge is 2.28. The van der Waals surface area contributed by atoms with Crippen molar-refractivity contribution in [2.24, 2.45) is 0 Å². The summed E-state index contributed by atoms with van der Waals surface area (Å²) in [5.74, 6) is 0.884. The van der Waals surface area contributed by atoms with Gasteiger partial charge in [0.1, 0.15) is 10.7 Å². The Bertz CT molecular complexity index is 624. The van der Waals surface area contributed by atoms with Gasteiger partial charge in [-0.15, -0.1) is 0 Å². The topological polar surface area (TPSA) is 56.8 Å². The molecule has 6 nitrogen and oxygen atoms in total. The van der Waals surface area contributed by atoms with Crippen molar-refractivity contribution in [1.29, 1.82) is 0 Å². The minimum absolute atomic E-state index is 0.301. The summed E-state index contributed by atoms with van der Waals surface area (Å²) in [6, 6.07) is 4.03. The zero-order valence-corrected chi connectivity index (χ0v) is 14.8. The van der Waals surface area contributed by atoms with Gasteiger partial charge >= 0.3 is 0 Å². The van der Waals surface area contributed by atoms with Crippen LogP contribution < -0.4 is 4.90 Å². The summed E-state index contributed by atoms with van der Waals surface area (Å²) in [5, 5.41) is 0. The molecular weight excluding hydrogens is 312 g/mol. The van der Waals surface area contributed by atoms with Crippen LogP contribution in [0.1, 0.15) is 26.2 Å². The van der Waals surface area contributed by atoms with Gasteiger partial charge in [-0.25, -0.2) is 13.4 Å². The molecule has 1 aromatic rings. The van der Waals surface area contributed by atoms with Gasteiger partial charge in [0.25, 0.3) is 0 Å². The quantitative estimate of drug-likeness (QED) is 0.834. The van der Waals surface area contributed by atoms with E-state index in [1.54, 1.807) is 10.4 Å². The number of pyridine rings is 1. The fourth-order valence-corrected chi connectivity index (χ4v) is 4.68. The van der Waals surface area contributed by atoms with Crippen molar-refractivity contribution in [3.63, 3.8) is 0 Å². The van der Waals surface area contributed by atoms with Crippen LogP contribution in [0.2, 0.25) is 0 Å². The SMILES string of the molecule is CC1CCCCN1c1ccc(S(=O)(=O)N2CCN(C)CC2)cn1. The molecule has 2 fully saturated rings. The lowest BCUT2D eigenvalue weighted by atomic mass is 10.0. The number of sulfonamides is 1. The van der Waals surface area contributed by atoms with Crippen LogP contribution in [-0.2, 0) is 10.0 Å². The van der Waals surface area contributed by atoms with Gasteiger partial charge in [-0.05, 0) is 45.4 Å². The van der Waals surface area contributed by atoms with Gasteiger partial charge in [-0.3, -0.25) is 0 Å². The summed E-state index contributed by atoms with van der Waals surface area (Å²) in [6.07, 6.45) is 5.12. The summed E-state index contributed by atoms with van der Waals surface area (Å²) in [6.45, 7) is 5.84. The maximum Gasteiger partial charge on any atom is 0.244 e. The molecule has 1 aromatic heterocycles. The Balaban J connectivity index is 1.76. The Morgan fingerprint density at radius 2 is 1.83 bits per heavy atom. The van der Waals surface area contributed by atoms with Crippen LogP contribution >= 0.6 is 0 Å². The van der Waals surface area contributed by atoms with E-state index in [0.717, 1.165) is 25.5 Å². The van der Waals surface area contributed by atoms with E-state index in [0.29, 0.717) is 24.0 Å². The van der Waals surface area contributed by atoms with E-state index in [1.165, 1.54) is 25.5 Å². The highest BCUT2D eigenvalue weighted by Crippen LogP contribution is 2.24. The minimum atomic E-state index is -3.42. The number of hydrogen-bond donors (Lipinski definition) is 0. The first kappa shape index (κ1) is 16.7. The van der Waals surface area contributed by atoms with Crippen LogP contribution in [0.3, 0.4) is 0 Å². The van der Waals surface area contributed by atoms with E-state index >= 15 is 0 Å². The molecule has 0 N–H and O–H groups in total. The van der Waals surface area contributed by atoms with E-state index < -0.39 is 10.0 Å². The molecule has 2 aliphatic rings. The van der Waals surface area contributed by atoms with Crippen LogP contribution in [0, 0.1) is 0 Å². The summed E-state index contributed by atoms with van der Waals surface area (Å²) in [4.78, 5) is 9.16. The molecular formula is C16H26N4O2S. The van der Waals surface area contributed by atoms with Crippen molar-refractivity contribution in [3.05, 3.63) is 18.3 Å². The predicted octanol–water partition coefficient (Wildman–Crippen LogP) is 1.40. The number of hydrogen-bond acceptors (Lipinski definition) is 5. The lowest BCUT2D eigenvalue weighted by Gasteiger charge is -2.34. The number of nitrogens with zero attached hydrogens (tertiary/aromatic N) is 4. The van der Waals surface area contributed by atoms with Gasteiger partial charge in [0.15, 0.2) is 0 Å². The van der Waals surface area contributed by atoms with Gasteiger partial charge in [0.2, 0.25) is 10.0 Å². The van der Waals surface area contributed by atoms with E-state index in [9.17, 15) is 8.42 Å². The monoisotopic (exact) mass is 338 g/mol. The molecule has 1 unspecified atom stereocenters. The van der Waals surface area contributed by atoms with Crippen LogP contribution in [0.4, 0.5) is 5.82 Å². The van der Waals surface area contributed by atoms with E-state index in [2.05, 4.69) is 21.7 Å². The third kappa shape index (κ3) is 3.51. The number of anilines is 1. The maximum atomic E-state index is 12.7. The zero-order chi connectivity index (χ0) is 16.4. The molecule has 0 aromatic carbocycles. The molecule has 0 amide bonds. The molecule has 3 rings (SSSR count). The van der Waals surface area contributed by atoms with Crippen molar-refractivity contribution in [1.82, 2.24) is 14.2 Å². The first-order valence-corrected chi connectivity index (χ1v) is 9.84. The molecule has 0 aliphatic carbocycles. The lowest BCUT2D eigenvalue weighted by Crippen LogP contribution is -2.47. The molecule has 23 heavy (non-hydrogen) atoms. The minimum Gasteiger partial charge on any atom is -0.354 e. The van der Waals surface area contributed by atoms with E-state index in [-0.39, 0.29) is 0 Å². The summed E-state index contributed by atoms with van der Waals surface area (Å²) >= 11 is 0. The summed E-state index contributed by atoms with van der Waals surface area (Å²) in [7, 11) is -1.41. The molecule has 2 saturated heterocycles. The van der Waals surface area contributed by atoms with Crippen molar-refractivity contribution < 1.29 is 8.42 Å². The Hall–Kier alpha value is -1.18. The van der Waals surface area contributed by atoms with Gasteiger partial charge in [-0.1, -0.05) is 0 Å². The number of aromatic nitrogens is 1. The average Bonchev–Trinajstić information content (AvgIpc) is 2.56. The molecule has 0 saturated carbocycles. The standard InChI is InChI=1S/C16H26N4O2S/c1-14-5-3-4-8-20(14)16-7-6-15(13-17-16)23(21,22)19-11-9-18(2)10-12-19/h6-7,13-14H,3-5,8-12H2,1-2H3. The van der Waals surface area contributed by atoms with Gasteiger partial charge in [-0.2, -0.15) is 4.31 Å². The van der Waals surface area contributed by atoms with Crippen molar-refractivity contribution in [2.45, 2.75) is 37.1 Å². The van der Waals surface area contributed by atoms with Crippen molar-refractivity contribution >= 4 is 15.8 Å². The molecule has 0 radical (unpaired) electrons. The van der Waals surface area contributed by atoms with Crippen LogP contribution in [-0.4, -0.2) is 68.4 Å². The third-order valence-corrected chi connectivity index (χ3v) is 6.80. The molecule has 0 spiro atoms. The number of rotatable bonds is 3. The number of piperidine rings is 1. The zero-order valence-electron chi connectivity index (χ0n) is 14.0. The largest absolute Gasteiger partial charge is 0.354 e. The van der Waals surface area contributed by atoms with E-state index in [1.807, 2.05) is 13.1 Å². The maximum absolute atomic E-state index is 12.7. The third-order valence-electron chi connectivity index (χ3n) is 4.92. The first-order chi connectivity index (χ1) is 11.0. The smallest absolute Gasteiger partial charge is 0.244 e. The molecule has 0 bridgehead atoms. The second-order valence-electron chi connectivity index (χ2n) is 6.60. The van der Waals surface area contributed by atoms with Crippen LogP contribution in [0.5, 0.6) is 0 Å². The molecule has 7 heteroatoms. The second kappa shape index (κ2) is 6.75. The Morgan fingerprint density at radius 1 is 1.09 bits per heavy atom. The molecule has 128 valence electrons. The van der Waals surface area contributed by atoms with E-state index in [4.69, 9.17) is 0 Å². The first-order valence-electron chi connectivity index (χ1n) is 8.40. The normalized spacial score (nSPS) is 24.8. The Morgan fingerprint density at radius 3 is 2.43 bits per heavy atom. The van der Waals surface area contributed by atoms with Gasteiger partial charge in [0, 0.05) is 45.0 Å². The van der Waals surface area contributed by atoms with Gasteiger partial charge in [0.05, 0.1) is 0 Å². The lowest BCUT2D eigenvalue weighted by molar-refractivity contribution is 0.222. The fraction of sp³-hybridized carbons (Fsp3) is 0.688. The highest BCUT2D eigenvalue weighted by molar-refractivity contribution is 7.89. The Labute approximate surface area is 139 Å². The van der Waals surface area contributed by atoms with Crippen LogP contribution in [0.15, 0.2) is 23.2 Å². The number of piperazine rings is 1. The average molecular weight is 338 g/mol. The van der Waals surface area contributed by atoms with Crippen molar-refractivity contribution in [2.75, 3.05) is 44.7 Å². The molecule has 3 heterocycles. The fourth-order valence-electron chi connectivity index (χ4n) is 3.31. The highest BCUT2D eigenvalue weighted by atomic mass is 32.2. The predicted molar refractivity (Wildman–Crippen MR) is 91.2 cm³/mol.